The maximum Gasteiger partial charge on any atom is 0.387 e. The molecule has 0 radical (unpaired) electrons. The summed E-state index contributed by atoms with van der Waals surface area (Å²) in [7, 11) is 0. The van der Waals surface area contributed by atoms with Crippen LogP contribution in [0.15, 0.2) is 48.5 Å². The van der Waals surface area contributed by atoms with E-state index in [4.69, 9.17) is 0 Å². The van der Waals surface area contributed by atoms with Crippen molar-refractivity contribution in [2.24, 2.45) is 0 Å². The highest BCUT2D eigenvalue weighted by Gasteiger charge is 2.21. The van der Waals surface area contributed by atoms with Gasteiger partial charge in [-0.05, 0) is 48.4 Å². The van der Waals surface area contributed by atoms with Gasteiger partial charge in [-0.1, -0.05) is 12.1 Å². The van der Waals surface area contributed by atoms with Crippen molar-refractivity contribution < 1.29 is 23.1 Å². The SMILES string of the molecule is O=C(Cc1ccc(N2CCCC2=O)cc1)Nc1ccc(OC(F)F)cc1. The third kappa shape index (κ3) is 4.56. The van der Waals surface area contributed by atoms with Gasteiger partial charge < -0.3 is 15.0 Å². The van der Waals surface area contributed by atoms with Gasteiger partial charge in [-0.25, -0.2) is 0 Å². The molecular weight excluding hydrogens is 342 g/mol. The normalized spacial score (nSPS) is 14.0. The number of carbonyl (C=O) groups is 2. The lowest BCUT2D eigenvalue weighted by Crippen LogP contribution is -2.23. The zero-order chi connectivity index (χ0) is 18.5. The van der Waals surface area contributed by atoms with E-state index >= 15 is 0 Å². The Morgan fingerprint density at radius 1 is 1.12 bits per heavy atom. The van der Waals surface area contributed by atoms with Crippen molar-refractivity contribution in [3.63, 3.8) is 0 Å². The smallest absolute Gasteiger partial charge is 0.387 e. The Balaban J connectivity index is 1.55. The Bertz CT molecular complexity index is 776. The molecule has 2 amide bonds. The van der Waals surface area contributed by atoms with Gasteiger partial charge in [-0.15, -0.1) is 0 Å². The van der Waals surface area contributed by atoms with Crippen molar-refractivity contribution in [1.29, 1.82) is 0 Å². The quantitative estimate of drug-likeness (QED) is 0.856. The van der Waals surface area contributed by atoms with Crippen LogP contribution in [0.4, 0.5) is 20.2 Å². The zero-order valence-corrected chi connectivity index (χ0v) is 14.0. The fourth-order valence-electron chi connectivity index (χ4n) is 2.83. The first-order valence-electron chi connectivity index (χ1n) is 8.25. The van der Waals surface area contributed by atoms with Crippen LogP contribution in [0, 0.1) is 0 Å². The molecule has 0 unspecified atom stereocenters. The Morgan fingerprint density at radius 3 is 2.38 bits per heavy atom. The predicted octanol–water partition coefficient (Wildman–Crippen LogP) is 3.60. The van der Waals surface area contributed by atoms with Crippen LogP contribution in [0.2, 0.25) is 0 Å². The largest absolute Gasteiger partial charge is 0.435 e. The first-order valence-corrected chi connectivity index (χ1v) is 8.25. The van der Waals surface area contributed by atoms with E-state index in [1.807, 2.05) is 24.3 Å². The zero-order valence-electron chi connectivity index (χ0n) is 14.0. The van der Waals surface area contributed by atoms with Crippen LogP contribution in [0.5, 0.6) is 5.75 Å². The number of hydrogen-bond donors (Lipinski definition) is 1. The molecule has 26 heavy (non-hydrogen) atoms. The van der Waals surface area contributed by atoms with E-state index in [0.29, 0.717) is 12.1 Å². The van der Waals surface area contributed by atoms with Crippen LogP contribution in [0.1, 0.15) is 18.4 Å². The molecule has 1 saturated heterocycles. The predicted molar refractivity (Wildman–Crippen MR) is 93.4 cm³/mol. The van der Waals surface area contributed by atoms with E-state index in [-0.39, 0.29) is 24.0 Å². The number of nitrogens with zero attached hydrogens (tertiary/aromatic N) is 1. The molecule has 1 heterocycles. The van der Waals surface area contributed by atoms with Gasteiger partial charge in [0.05, 0.1) is 6.42 Å². The van der Waals surface area contributed by atoms with Gasteiger partial charge in [0.1, 0.15) is 5.75 Å². The third-order valence-corrected chi connectivity index (χ3v) is 4.05. The standard InChI is InChI=1S/C19H18F2N2O3/c20-19(21)26-16-9-5-14(6-10-16)22-17(24)12-13-3-7-15(8-4-13)23-11-1-2-18(23)25/h3-10,19H,1-2,11-12H2,(H,22,24). The number of rotatable bonds is 6. The van der Waals surface area contributed by atoms with Crippen molar-refractivity contribution in [3.05, 3.63) is 54.1 Å². The highest BCUT2D eigenvalue weighted by atomic mass is 19.3. The second-order valence-electron chi connectivity index (χ2n) is 5.94. The molecule has 1 aliphatic rings. The number of ether oxygens (including phenoxy) is 1. The molecule has 1 N–H and O–H groups in total. The molecule has 0 aromatic heterocycles. The third-order valence-electron chi connectivity index (χ3n) is 4.05. The summed E-state index contributed by atoms with van der Waals surface area (Å²) in [5, 5.41) is 2.70. The summed E-state index contributed by atoms with van der Waals surface area (Å²) < 4.78 is 28.5. The van der Waals surface area contributed by atoms with Crippen LogP contribution < -0.4 is 15.0 Å². The number of hydrogen-bond acceptors (Lipinski definition) is 3. The fourth-order valence-corrected chi connectivity index (χ4v) is 2.83. The van der Waals surface area contributed by atoms with Gasteiger partial charge in [0.25, 0.3) is 0 Å². The minimum Gasteiger partial charge on any atom is -0.435 e. The summed E-state index contributed by atoms with van der Waals surface area (Å²) in [6, 6.07) is 13.0. The van der Waals surface area contributed by atoms with E-state index in [1.54, 1.807) is 4.90 Å². The van der Waals surface area contributed by atoms with Gasteiger partial charge in [-0.2, -0.15) is 8.78 Å². The van der Waals surface area contributed by atoms with Gasteiger partial charge in [0, 0.05) is 24.3 Å². The molecule has 3 rings (SSSR count). The van der Waals surface area contributed by atoms with Crippen molar-refractivity contribution in [3.8, 4) is 5.75 Å². The van der Waals surface area contributed by atoms with Gasteiger partial charge in [0.15, 0.2) is 0 Å². The average Bonchev–Trinajstić information content (AvgIpc) is 3.03. The summed E-state index contributed by atoms with van der Waals surface area (Å²) in [6.45, 7) is -2.15. The molecular formula is C19H18F2N2O3. The van der Waals surface area contributed by atoms with Gasteiger partial charge >= 0.3 is 6.61 Å². The van der Waals surface area contributed by atoms with Crippen LogP contribution in [0.25, 0.3) is 0 Å². The van der Waals surface area contributed by atoms with Crippen molar-refractivity contribution in [2.75, 3.05) is 16.8 Å². The summed E-state index contributed by atoms with van der Waals surface area (Å²) in [5.74, 6) is -0.0719. The molecule has 0 bridgehead atoms. The first kappa shape index (κ1) is 17.8. The average molecular weight is 360 g/mol. The lowest BCUT2D eigenvalue weighted by molar-refractivity contribution is -0.117. The van der Waals surface area contributed by atoms with Crippen molar-refractivity contribution >= 4 is 23.2 Å². The molecule has 0 spiro atoms. The minimum atomic E-state index is -2.88. The fraction of sp³-hybridized carbons (Fsp3) is 0.263. The molecule has 5 nitrogen and oxygen atoms in total. The maximum atomic E-state index is 12.1. The van der Waals surface area contributed by atoms with E-state index < -0.39 is 6.61 Å². The van der Waals surface area contributed by atoms with Crippen molar-refractivity contribution in [2.45, 2.75) is 25.9 Å². The number of benzene rings is 2. The number of anilines is 2. The number of alkyl halides is 2. The molecule has 2 aromatic rings. The van der Waals surface area contributed by atoms with E-state index in [2.05, 4.69) is 10.1 Å². The lowest BCUT2D eigenvalue weighted by atomic mass is 10.1. The lowest BCUT2D eigenvalue weighted by Gasteiger charge is -2.15. The Hall–Kier alpha value is -2.96. The van der Waals surface area contributed by atoms with E-state index in [0.717, 1.165) is 24.2 Å². The summed E-state index contributed by atoms with van der Waals surface area (Å²) in [6.07, 6.45) is 1.61. The second kappa shape index (κ2) is 7.95. The molecule has 0 aliphatic carbocycles. The molecule has 1 fully saturated rings. The molecule has 0 saturated carbocycles. The topological polar surface area (TPSA) is 58.6 Å². The Kier molecular flexibility index (Phi) is 5.46. The second-order valence-corrected chi connectivity index (χ2v) is 5.94. The molecule has 7 heteroatoms. The first-order chi connectivity index (χ1) is 12.5. The molecule has 2 aromatic carbocycles. The van der Waals surface area contributed by atoms with Crippen LogP contribution >= 0.6 is 0 Å². The summed E-state index contributed by atoms with van der Waals surface area (Å²) >= 11 is 0. The number of halogens is 2. The van der Waals surface area contributed by atoms with Crippen molar-refractivity contribution in [1.82, 2.24) is 0 Å². The number of carbonyl (C=O) groups excluding carboxylic acids is 2. The minimum absolute atomic E-state index is 0.0325. The Morgan fingerprint density at radius 2 is 1.81 bits per heavy atom. The van der Waals surface area contributed by atoms with E-state index in [9.17, 15) is 18.4 Å². The number of nitrogens with one attached hydrogen (secondary N) is 1. The highest BCUT2D eigenvalue weighted by molar-refractivity contribution is 5.95. The monoisotopic (exact) mass is 360 g/mol. The van der Waals surface area contributed by atoms with E-state index in [1.165, 1.54) is 24.3 Å². The van der Waals surface area contributed by atoms with Crippen LogP contribution in [-0.2, 0) is 16.0 Å². The molecule has 1 aliphatic heterocycles. The van der Waals surface area contributed by atoms with Crippen LogP contribution in [0.3, 0.4) is 0 Å². The van der Waals surface area contributed by atoms with Crippen LogP contribution in [-0.4, -0.2) is 25.0 Å². The molecule has 136 valence electrons. The Labute approximate surface area is 149 Å². The van der Waals surface area contributed by atoms with Gasteiger partial charge in [0.2, 0.25) is 11.8 Å². The molecule has 0 atom stereocenters. The summed E-state index contributed by atoms with van der Waals surface area (Å²) in [4.78, 5) is 25.6. The maximum absolute atomic E-state index is 12.1. The highest BCUT2D eigenvalue weighted by Crippen LogP contribution is 2.22. The summed E-state index contributed by atoms with van der Waals surface area (Å²) in [5.41, 5.74) is 2.15. The van der Waals surface area contributed by atoms with Gasteiger partial charge in [-0.3, -0.25) is 9.59 Å². The number of amides is 2.